The van der Waals surface area contributed by atoms with Crippen molar-refractivity contribution in [2.75, 3.05) is 0 Å². The second kappa shape index (κ2) is 6.96. The highest BCUT2D eigenvalue weighted by molar-refractivity contribution is 7.17. The number of benzene rings is 2. The Hall–Kier alpha value is -2.83. The lowest BCUT2D eigenvalue weighted by Gasteiger charge is -2.23. The van der Waals surface area contributed by atoms with Crippen LogP contribution in [0.15, 0.2) is 54.2 Å². The van der Waals surface area contributed by atoms with Crippen molar-refractivity contribution < 1.29 is 14.2 Å². The van der Waals surface area contributed by atoms with Gasteiger partial charge in [-0.3, -0.25) is 0 Å². The van der Waals surface area contributed by atoms with Crippen LogP contribution in [0.1, 0.15) is 30.1 Å². The Kier molecular flexibility index (Phi) is 4.30. The van der Waals surface area contributed by atoms with Gasteiger partial charge in [-0.1, -0.05) is 24.3 Å². The van der Waals surface area contributed by atoms with Gasteiger partial charge in [0.05, 0.1) is 11.5 Å². The van der Waals surface area contributed by atoms with E-state index >= 15 is 0 Å². The van der Waals surface area contributed by atoms with Crippen LogP contribution in [0.4, 0.5) is 4.39 Å². The number of hydrogen-bond acceptors (Lipinski definition) is 5. The molecule has 0 radical (unpaired) electrons. The average molecular weight is 392 g/mol. The zero-order chi connectivity index (χ0) is 19.1. The molecule has 0 saturated carbocycles. The third kappa shape index (κ3) is 2.95. The summed E-state index contributed by atoms with van der Waals surface area (Å²) in [5.41, 5.74) is 3.77. The number of thiophene rings is 1. The van der Waals surface area contributed by atoms with Gasteiger partial charge in [-0.25, -0.2) is 14.4 Å². The van der Waals surface area contributed by atoms with E-state index < -0.39 is 6.10 Å². The van der Waals surface area contributed by atoms with Gasteiger partial charge in [0.15, 0.2) is 0 Å². The molecule has 4 aromatic rings. The van der Waals surface area contributed by atoms with Crippen LogP contribution in [0.3, 0.4) is 0 Å². The molecule has 140 valence electrons. The molecule has 0 unspecified atom stereocenters. The van der Waals surface area contributed by atoms with E-state index in [4.69, 9.17) is 4.74 Å². The molecule has 1 N–H and O–H groups in total. The van der Waals surface area contributed by atoms with E-state index in [1.807, 2.05) is 23.6 Å². The molecule has 0 bridgehead atoms. The van der Waals surface area contributed by atoms with Crippen molar-refractivity contribution in [2.45, 2.75) is 25.4 Å². The zero-order valence-corrected chi connectivity index (χ0v) is 15.7. The first-order chi connectivity index (χ1) is 13.7. The number of hydrogen-bond donors (Lipinski definition) is 1. The first-order valence-electron chi connectivity index (χ1n) is 9.16. The van der Waals surface area contributed by atoms with Crippen LogP contribution < -0.4 is 4.74 Å². The van der Waals surface area contributed by atoms with E-state index in [2.05, 4.69) is 9.97 Å². The van der Waals surface area contributed by atoms with Crippen molar-refractivity contribution in [3.8, 4) is 22.8 Å². The fraction of sp³-hybridized carbons (Fsp3) is 0.182. The van der Waals surface area contributed by atoms with Gasteiger partial charge in [0.2, 0.25) is 5.88 Å². The molecule has 5 rings (SSSR count). The maximum Gasteiger partial charge on any atom is 0.231 e. The van der Waals surface area contributed by atoms with E-state index in [0.717, 1.165) is 51.7 Å². The molecule has 0 aliphatic heterocycles. The lowest BCUT2D eigenvalue weighted by Crippen LogP contribution is -2.10. The highest BCUT2D eigenvalue weighted by atomic mass is 32.1. The fourth-order valence-electron chi connectivity index (χ4n) is 3.76. The molecule has 2 heterocycles. The van der Waals surface area contributed by atoms with Gasteiger partial charge in [-0.15, -0.1) is 11.3 Å². The molecule has 0 spiro atoms. The summed E-state index contributed by atoms with van der Waals surface area (Å²) in [6.45, 7) is 0. The summed E-state index contributed by atoms with van der Waals surface area (Å²) < 4.78 is 19.6. The largest absolute Gasteiger partial charge is 0.438 e. The van der Waals surface area contributed by atoms with Crippen LogP contribution in [-0.2, 0) is 6.42 Å². The minimum absolute atomic E-state index is 0.273. The molecular weight excluding hydrogens is 375 g/mol. The highest BCUT2D eigenvalue weighted by Crippen LogP contribution is 2.41. The predicted molar refractivity (Wildman–Crippen MR) is 107 cm³/mol. The molecule has 0 amide bonds. The summed E-state index contributed by atoms with van der Waals surface area (Å²) in [6, 6.07) is 12.1. The maximum absolute atomic E-state index is 13.3. The van der Waals surface area contributed by atoms with Crippen LogP contribution in [0.2, 0.25) is 0 Å². The van der Waals surface area contributed by atoms with Gasteiger partial charge in [0, 0.05) is 16.5 Å². The van der Waals surface area contributed by atoms with E-state index in [1.165, 1.54) is 29.8 Å². The second-order valence-electron chi connectivity index (χ2n) is 6.85. The lowest BCUT2D eigenvalue weighted by atomic mass is 9.89. The van der Waals surface area contributed by atoms with Crippen LogP contribution in [0, 0.1) is 5.82 Å². The Labute approximate surface area is 165 Å². The van der Waals surface area contributed by atoms with Crippen molar-refractivity contribution in [1.29, 1.82) is 0 Å². The number of rotatable bonds is 3. The molecule has 2 aromatic carbocycles. The van der Waals surface area contributed by atoms with Gasteiger partial charge in [-0.2, -0.15) is 0 Å². The van der Waals surface area contributed by atoms with Crippen LogP contribution in [-0.4, -0.2) is 15.1 Å². The van der Waals surface area contributed by atoms with E-state index in [-0.39, 0.29) is 5.82 Å². The Morgan fingerprint density at radius 1 is 1.11 bits per heavy atom. The van der Waals surface area contributed by atoms with Crippen molar-refractivity contribution in [2.24, 2.45) is 0 Å². The smallest absolute Gasteiger partial charge is 0.231 e. The fourth-order valence-corrected chi connectivity index (χ4v) is 4.66. The van der Waals surface area contributed by atoms with E-state index in [0.29, 0.717) is 11.6 Å². The van der Waals surface area contributed by atoms with E-state index in [1.54, 1.807) is 12.1 Å². The molecule has 1 atom stereocenters. The molecule has 0 saturated heterocycles. The Morgan fingerprint density at radius 3 is 2.82 bits per heavy atom. The van der Waals surface area contributed by atoms with Crippen LogP contribution >= 0.6 is 11.3 Å². The first kappa shape index (κ1) is 17.3. The number of aromatic nitrogens is 2. The van der Waals surface area contributed by atoms with Gasteiger partial charge in [0.1, 0.15) is 22.7 Å². The van der Waals surface area contributed by atoms with Crippen molar-refractivity contribution in [3.63, 3.8) is 0 Å². The lowest BCUT2D eigenvalue weighted by molar-refractivity contribution is 0.156. The number of nitrogens with zero attached hydrogens (tertiary/aromatic N) is 2. The molecule has 1 aliphatic carbocycles. The Morgan fingerprint density at radius 2 is 1.96 bits per heavy atom. The molecular formula is C22H17FN2O2S. The average Bonchev–Trinajstić information content (AvgIpc) is 3.15. The van der Waals surface area contributed by atoms with Crippen LogP contribution in [0.5, 0.6) is 11.6 Å². The van der Waals surface area contributed by atoms with Gasteiger partial charge in [0.25, 0.3) is 0 Å². The minimum atomic E-state index is -0.450. The topological polar surface area (TPSA) is 55.2 Å². The summed E-state index contributed by atoms with van der Waals surface area (Å²) in [6.07, 6.45) is 3.60. The number of aliphatic hydroxyl groups is 1. The third-order valence-corrected chi connectivity index (χ3v) is 6.02. The second-order valence-corrected chi connectivity index (χ2v) is 7.71. The third-order valence-electron chi connectivity index (χ3n) is 5.13. The molecule has 6 heteroatoms. The first-order valence-corrected chi connectivity index (χ1v) is 10.0. The minimum Gasteiger partial charge on any atom is -0.438 e. The number of fused-ring (bicyclic) bond motifs is 2. The Bertz CT molecular complexity index is 1160. The molecule has 2 aromatic heterocycles. The number of aliphatic hydroxyl groups excluding tert-OH is 1. The monoisotopic (exact) mass is 392 g/mol. The van der Waals surface area contributed by atoms with Gasteiger partial charge < -0.3 is 9.84 Å². The molecule has 1 aliphatic rings. The highest BCUT2D eigenvalue weighted by Gasteiger charge is 2.22. The predicted octanol–water partition coefficient (Wildman–Crippen LogP) is 5.66. The molecule has 4 nitrogen and oxygen atoms in total. The summed E-state index contributed by atoms with van der Waals surface area (Å²) in [5.74, 6) is 0.914. The normalized spacial score (nSPS) is 16.1. The van der Waals surface area contributed by atoms with Crippen molar-refractivity contribution >= 4 is 21.6 Å². The zero-order valence-electron chi connectivity index (χ0n) is 14.9. The van der Waals surface area contributed by atoms with Crippen molar-refractivity contribution in [1.82, 2.24) is 9.97 Å². The number of halogens is 1. The van der Waals surface area contributed by atoms with Crippen molar-refractivity contribution in [3.05, 3.63) is 71.1 Å². The standard InChI is InChI=1S/C22H17FN2O2S/c23-14-9-7-13(8-10-14)17-11-28-22-20(17)21(24-12-25-22)27-19-6-2-3-15-16(19)4-1-5-18(15)26/h2-3,6-12,18,26H,1,4-5H2/t18-/m0/s1. The SMILES string of the molecule is O[C@H]1CCCc2c(Oc3ncnc4scc(-c5ccc(F)cc5)c34)cccc21. The summed E-state index contributed by atoms with van der Waals surface area (Å²) >= 11 is 1.50. The van der Waals surface area contributed by atoms with Crippen LogP contribution in [0.25, 0.3) is 21.3 Å². The summed E-state index contributed by atoms with van der Waals surface area (Å²) in [5, 5.41) is 13.1. The quantitative estimate of drug-likeness (QED) is 0.489. The summed E-state index contributed by atoms with van der Waals surface area (Å²) in [4.78, 5) is 9.56. The summed E-state index contributed by atoms with van der Waals surface area (Å²) in [7, 11) is 0. The van der Waals surface area contributed by atoms with E-state index in [9.17, 15) is 9.50 Å². The number of ether oxygens (including phenoxy) is 1. The molecule has 28 heavy (non-hydrogen) atoms. The molecule has 0 fully saturated rings. The van der Waals surface area contributed by atoms with Gasteiger partial charge >= 0.3 is 0 Å². The maximum atomic E-state index is 13.3. The Balaban J connectivity index is 1.62. The van der Waals surface area contributed by atoms with Gasteiger partial charge in [-0.05, 0) is 48.6 Å².